The Morgan fingerprint density at radius 2 is 0.780 bits per heavy atom. The third-order valence-electron chi connectivity index (χ3n) is 7.52. The van der Waals surface area contributed by atoms with Gasteiger partial charge in [-0.25, -0.2) is 0 Å². The number of hydrogen-bond donors (Lipinski definition) is 1. The zero-order valence-corrected chi connectivity index (χ0v) is 27.6. The number of rotatable bonds is 32. The van der Waals surface area contributed by atoms with Gasteiger partial charge in [-0.15, -0.1) is 10.1 Å². The molecule has 5 nitrogen and oxygen atoms in total. The molecule has 0 rings (SSSR count). The molecule has 0 saturated carbocycles. The van der Waals surface area contributed by atoms with Crippen molar-refractivity contribution in [3.05, 3.63) is 34.4 Å². The van der Waals surface area contributed by atoms with Crippen LogP contribution in [0.3, 0.4) is 0 Å². The molecule has 41 heavy (non-hydrogen) atoms. The molecule has 0 atom stereocenters. The number of aliphatic hydroxyl groups is 1. The normalized spacial score (nSPS) is 11.3. The van der Waals surface area contributed by atoms with Crippen LogP contribution >= 0.6 is 0 Å². The molecule has 0 radical (unpaired) electrons. The van der Waals surface area contributed by atoms with Gasteiger partial charge in [0.05, 0.1) is 6.61 Å². The van der Waals surface area contributed by atoms with E-state index < -0.39 is 5.09 Å². The SMILES string of the molecule is CCCCCCCC/C=C\CCCCCCCCO.CCCCCCCC/C=C\CCCCCCCCO[N+](=O)[O-]. The van der Waals surface area contributed by atoms with Crippen molar-refractivity contribution in [2.24, 2.45) is 0 Å². The molecule has 244 valence electrons. The minimum atomic E-state index is -0.711. The fraction of sp³-hybridized carbons (Fsp3) is 0.889. The molecule has 0 aliphatic heterocycles. The Labute approximate surface area is 256 Å². The Hall–Kier alpha value is -1.36. The van der Waals surface area contributed by atoms with Gasteiger partial charge in [0.25, 0.3) is 5.09 Å². The van der Waals surface area contributed by atoms with Gasteiger partial charge in [0.15, 0.2) is 0 Å². The zero-order chi connectivity index (χ0) is 30.3. The van der Waals surface area contributed by atoms with E-state index in [4.69, 9.17) is 5.11 Å². The zero-order valence-electron chi connectivity index (χ0n) is 27.6. The number of unbranched alkanes of at least 4 members (excludes halogenated alkanes) is 24. The second-order valence-electron chi connectivity index (χ2n) is 11.7. The molecule has 0 aromatic rings. The summed E-state index contributed by atoms with van der Waals surface area (Å²) in [7, 11) is 0. The van der Waals surface area contributed by atoms with Crippen LogP contribution in [0.5, 0.6) is 0 Å². The summed E-state index contributed by atoms with van der Waals surface area (Å²) in [6.45, 7) is 5.14. The molecular weight excluding hydrogens is 510 g/mol. The van der Waals surface area contributed by atoms with E-state index in [0.717, 1.165) is 25.7 Å². The number of aliphatic hydroxyl groups excluding tert-OH is 1. The lowest BCUT2D eigenvalue weighted by atomic mass is 10.1. The second-order valence-corrected chi connectivity index (χ2v) is 11.7. The third kappa shape index (κ3) is 45.8. The van der Waals surface area contributed by atoms with Crippen LogP contribution in [0.1, 0.15) is 194 Å². The van der Waals surface area contributed by atoms with Crippen LogP contribution < -0.4 is 0 Å². The van der Waals surface area contributed by atoms with Gasteiger partial charge in [-0.1, -0.05) is 154 Å². The summed E-state index contributed by atoms with van der Waals surface area (Å²) < 4.78 is 0. The molecular formula is C36H71NO4. The van der Waals surface area contributed by atoms with Crippen molar-refractivity contribution in [1.82, 2.24) is 0 Å². The predicted molar refractivity (Wildman–Crippen MR) is 179 cm³/mol. The van der Waals surface area contributed by atoms with E-state index in [-0.39, 0.29) is 6.61 Å². The lowest BCUT2D eigenvalue weighted by Crippen LogP contribution is -2.01. The minimum absolute atomic E-state index is 0.244. The first-order valence-corrected chi connectivity index (χ1v) is 17.9. The van der Waals surface area contributed by atoms with Gasteiger partial charge in [0, 0.05) is 6.61 Å². The quantitative estimate of drug-likeness (QED) is 0.0371. The summed E-state index contributed by atoms with van der Waals surface area (Å²) in [5.74, 6) is 0. The van der Waals surface area contributed by atoms with Crippen LogP contribution in [-0.2, 0) is 4.84 Å². The van der Waals surface area contributed by atoms with Gasteiger partial charge in [-0.05, 0) is 64.2 Å². The largest absolute Gasteiger partial charge is 0.396 e. The summed E-state index contributed by atoms with van der Waals surface area (Å²) in [4.78, 5) is 14.2. The maximum absolute atomic E-state index is 9.94. The van der Waals surface area contributed by atoms with E-state index in [2.05, 4.69) is 43.0 Å². The fourth-order valence-corrected chi connectivity index (χ4v) is 4.85. The van der Waals surface area contributed by atoms with Crippen LogP contribution in [-0.4, -0.2) is 23.4 Å². The summed E-state index contributed by atoms with van der Waals surface area (Å²) in [5, 5.41) is 17.9. The lowest BCUT2D eigenvalue weighted by Gasteiger charge is -2.00. The van der Waals surface area contributed by atoms with E-state index in [1.165, 1.54) is 154 Å². The first-order chi connectivity index (χ1) is 20.2. The molecule has 0 amide bonds. The monoisotopic (exact) mass is 582 g/mol. The Balaban J connectivity index is 0. The summed E-state index contributed by atoms with van der Waals surface area (Å²) in [5.41, 5.74) is 0. The molecule has 0 spiro atoms. The van der Waals surface area contributed by atoms with Gasteiger partial charge in [-0.2, -0.15) is 0 Å². The van der Waals surface area contributed by atoms with E-state index in [1.807, 2.05) is 0 Å². The lowest BCUT2D eigenvalue weighted by molar-refractivity contribution is -0.757. The molecule has 0 aromatic carbocycles. The Bertz CT molecular complexity index is 536. The maximum atomic E-state index is 9.94. The highest BCUT2D eigenvalue weighted by Crippen LogP contribution is 2.11. The van der Waals surface area contributed by atoms with Crippen LogP contribution in [0.4, 0.5) is 0 Å². The Morgan fingerprint density at radius 3 is 1.10 bits per heavy atom. The van der Waals surface area contributed by atoms with E-state index in [0.29, 0.717) is 6.61 Å². The molecule has 5 heteroatoms. The third-order valence-corrected chi connectivity index (χ3v) is 7.52. The topological polar surface area (TPSA) is 72.6 Å². The van der Waals surface area contributed by atoms with Crippen LogP contribution in [0.2, 0.25) is 0 Å². The molecule has 0 bridgehead atoms. The van der Waals surface area contributed by atoms with Gasteiger partial charge >= 0.3 is 0 Å². The van der Waals surface area contributed by atoms with Crippen LogP contribution in [0, 0.1) is 10.1 Å². The minimum Gasteiger partial charge on any atom is -0.396 e. The van der Waals surface area contributed by atoms with Gasteiger partial charge in [0.1, 0.15) is 0 Å². The molecule has 0 heterocycles. The fourth-order valence-electron chi connectivity index (χ4n) is 4.85. The van der Waals surface area contributed by atoms with Crippen molar-refractivity contribution in [2.45, 2.75) is 194 Å². The van der Waals surface area contributed by atoms with Gasteiger partial charge in [-0.3, -0.25) is 0 Å². The standard InChI is InChI=1S/C18H35NO3.C18H36O/c1-2-3-4-5-6-7-8-9-10-11-12-13-14-15-16-17-18-22-19(20)21;1-2-3-4-5-6-7-8-9-10-11-12-13-14-15-16-17-18-19/h9-10H,2-8,11-18H2,1H3;9-10,19H,2-8,11-18H2,1H3/b2*10-9-. The van der Waals surface area contributed by atoms with Crippen molar-refractivity contribution < 1.29 is 15.0 Å². The van der Waals surface area contributed by atoms with Crippen molar-refractivity contribution in [3.63, 3.8) is 0 Å². The van der Waals surface area contributed by atoms with Gasteiger partial charge in [0.2, 0.25) is 0 Å². The number of allylic oxidation sites excluding steroid dienone is 4. The highest BCUT2D eigenvalue weighted by atomic mass is 16.9. The summed E-state index contributed by atoms with van der Waals surface area (Å²) >= 11 is 0. The average Bonchev–Trinajstić information content (AvgIpc) is 2.97. The molecule has 1 N–H and O–H groups in total. The molecule has 0 fully saturated rings. The number of nitrogens with zero attached hydrogens (tertiary/aromatic N) is 1. The predicted octanol–water partition coefficient (Wildman–Crippen LogP) is 12.2. The molecule has 0 unspecified atom stereocenters. The first kappa shape index (κ1) is 41.8. The van der Waals surface area contributed by atoms with Crippen molar-refractivity contribution in [1.29, 1.82) is 0 Å². The molecule has 0 aliphatic carbocycles. The van der Waals surface area contributed by atoms with Crippen LogP contribution in [0.25, 0.3) is 0 Å². The maximum Gasteiger partial charge on any atom is 0.294 e. The Morgan fingerprint density at radius 1 is 0.488 bits per heavy atom. The second kappa shape index (κ2) is 40.8. The van der Waals surface area contributed by atoms with E-state index in [9.17, 15) is 10.1 Å². The molecule has 0 saturated heterocycles. The van der Waals surface area contributed by atoms with Crippen molar-refractivity contribution in [3.8, 4) is 0 Å². The molecule has 0 aliphatic rings. The summed E-state index contributed by atoms with van der Waals surface area (Å²) in [6.07, 6.45) is 45.3. The first-order valence-electron chi connectivity index (χ1n) is 17.9. The smallest absolute Gasteiger partial charge is 0.294 e. The van der Waals surface area contributed by atoms with Crippen molar-refractivity contribution >= 4 is 0 Å². The summed E-state index contributed by atoms with van der Waals surface area (Å²) in [6, 6.07) is 0. The highest BCUT2D eigenvalue weighted by molar-refractivity contribution is 4.82. The Kier molecular flexibility index (Phi) is 41.5. The highest BCUT2D eigenvalue weighted by Gasteiger charge is 1.95. The van der Waals surface area contributed by atoms with E-state index >= 15 is 0 Å². The number of hydrogen-bond acceptors (Lipinski definition) is 4. The average molecular weight is 582 g/mol. The van der Waals surface area contributed by atoms with Crippen LogP contribution in [0.15, 0.2) is 24.3 Å². The van der Waals surface area contributed by atoms with E-state index in [1.54, 1.807) is 0 Å². The van der Waals surface area contributed by atoms with Crippen molar-refractivity contribution in [2.75, 3.05) is 13.2 Å². The molecule has 0 aromatic heterocycles. The van der Waals surface area contributed by atoms with Gasteiger partial charge < -0.3 is 9.94 Å².